The average Bonchev–Trinajstić information content (AvgIpc) is 3.65. The Kier molecular flexibility index (Phi) is 5.63. The molecule has 0 unspecified atom stereocenters. The van der Waals surface area contributed by atoms with Gasteiger partial charge in [0.05, 0.1) is 31.0 Å². The van der Waals surface area contributed by atoms with Gasteiger partial charge in [0.2, 0.25) is 5.91 Å². The summed E-state index contributed by atoms with van der Waals surface area (Å²) in [5.41, 5.74) is 3.52. The first-order chi connectivity index (χ1) is 16.6. The quantitative estimate of drug-likeness (QED) is 0.369. The zero-order chi connectivity index (χ0) is 23.7. The van der Waals surface area contributed by atoms with Gasteiger partial charge in [-0.05, 0) is 60.4 Å². The van der Waals surface area contributed by atoms with E-state index >= 15 is 0 Å². The number of ether oxygens (including phenoxy) is 2. The number of benzene rings is 3. The van der Waals surface area contributed by atoms with Gasteiger partial charge in [0.15, 0.2) is 5.82 Å². The molecule has 1 aromatic heterocycles. The van der Waals surface area contributed by atoms with Gasteiger partial charge in [-0.15, -0.1) is 0 Å². The van der Waals surface area contributed by atoms with Gasteiger partial charge in [-0.1, -0.05) is 18.2 Å². The van der Waals surface area contributed by atoms with Crippen LogP contribution in [0.5, 0.6) is 11.5 Å². The SMILES string of the molecule is COc1cc(OC)cc(-c2ccc3c(NC(=O)c4ccccc4NC(=O)C4CC4)n[nH]c3c2)c1. The summed E-state index contributed by atoms with van der Waals surface area (Å²) < 4.78 is 10.7. The first-order valence-electron chi connectivity index (χ1n) is 11.0. The summed E-state index contributed by atoms with van der Waals surface area (Å²) in [5.74, 6) is 1.45. The number of nitrogens with one attached hydrogen (secondary N) is 3. The van der Waals surface area contributed by atoms with Crippen molar-refractivity contribution in [3.8, 4) is 22.6 Å². The monoisotopic (exact) mass is 456 g/mol. The Hall–Kier alpha value is -4.33. The largest absolute Gasteiger partial charge is 0.497 e. The van der Waals surface area contributed by atoms with Crippen molar-refractivity contribution in [3.63, 3.8) is 0 Å². The number of H-pyrrole nitrogens is 1. The van der Waals surface area contributed by atoms with E-state index in [-0.39, 0.29) is 17.7 Å². The third-order valence-corrected chi connectivity index (χ3v) is 5.86. The maximum absolute atomic E-state index is 13.0. The summed E-state index contributed by atoms with van der Waals surface area (Å²) in [6.07, 6.45) is 1.79. The number of rotatable bonds is 7. The Balaban J connectivity index is 1.40. The highest BCUT2D eigenvalue weighted by atomic mass is 16.5. The highest BCUT2D eigenvalue weighted by Gasteiger charge is 2.30. The zero-order valence-corrected chi connectivity index (χ0v) is 18.8. The molecule has 1 aliphatic carbocycles. The lowest BCUT2D eigenvalue weighted by Gasteiger charge is -2.11. The van der Waals surface area contributed by atoms with Gasteiger partial charge in [-0.3, -0.25) is 14.7 Å². The number of para-hydroxylation sites is 1. The molecule has 0 aliphatic heterocycles. The van der Waals surface area contributed by atoms with Crippen molar-refractivity contribution < 1.29 is 19.1 Å². The van der Waals surface area contributed by atoms with Gasteiger partial charge in [0.1, 0.15) is 11.5 Å². The number of hydrogen-bond acceptors (Lipinski definition) is 5. The third-order valence-electron chi connectivity index (χ3n) is 5.86. The van der Waals surface area contributed by atoms with Crippen molar-refractivity contribution in [1.29, 1.82) is 0 Å². The Morgan fingerprint density at radius 1 is 0.912 bits per heavy atom. The predicted octanol–water partition coefficient (Wildman–Crippen LogP) is 4.85. The van der Waals surface area contributed by atoms with E-state index in [2.05, 4.69) is 20.8 Å². The van der Waals surface area contributed by atoms with Gasteiger partial charge in [0.25, 0.3) is 5.91 Å². The van der Waals surface area contributed by atoms with E-state index in [1.165, 1.54) is 0 Å². The summed E-state index contributed by atoms with van der Waals surface area (Å²) in [6.45, 7) is 0. The molecule has 0 bridgehead atoms. The molecule has 8 nitrogen and oxygen atoms in total. The molecule has 2 amide bonds. The lowest BCUT2D eigenvalue weighted by atomic mass is 10.0. The molecular weight excluding hydrogens is 432 g/mol. The lowest BCUT2D eigenvalue weighted by Crippen LogP contribution is -2.19. The first-order valence-corrected chi connectivity index (χ1v) is 11.0. The number of aromatic nitrogens is 2. The molecule has 1 aliphatic rings. The molecule has 0 spiro atoms. The number of aromatic amines is 1. The Bertz CT molecular complexity index is 1370. The Labute approximate surface area is 196 Å². The van der Waals surface area contributed by atoms with E-state index in [9.17, 15) is 9.59 Å². The van der Waals surface area contributed by atoms with Crippen LogP contribution < -0.4 is 20.1 Å². The number of carbonyl (C=O) groups is 2. The van der Waals surface area contributed by atoms with Crippen LogP contribution in [0.25, 0.3) is 22.0 Å². The van der Waals surface area contributed by atoms with E-state index in [0.29, 0.717) is 28.6 Å². The highest BCUT2D eigenvalue weighted by molar-refractivity contribution is 6.12. The standard InChI is InChI=1S/C26H24N4O4/c1-33-18-11-17(12-19(14-18)34-2)16-9-10-20-23(13-16)29-30-24(20)28-26(32)21-5-3-4-6-22(21)27-25(31)15-7-8-15/h3-6,9-15H,7-8H2,1-2H3,(H,27,31)(H2,28,29,30,32). The summed E-state index contributed by atoms with van der Waals surface area (Å²) in [7, 11) is 3.22. The van der Waals surface area contributed by atoms with Gasteiger partial charge in [0, 0.05) is 17.4 Å². The van der Waals surface area contributed by atoms with Crippen LogP contribution in [0.1, 0.15) is 23.2 Å². The van der Waals surface area contributed by atoms with Crippen LogP contribution in [0.3, 0.4) is 0 Å². The Morgan fingerprint density at radius 3 is 2.35 bits per heavy atom. The van der Waals surface area contributed by atoms with E-state index in [1.807, 2.05) is 36.4 Å². The number of hydrogen-bond donors (Lipinski definition) is 3. The molecule has 1 fully saturated rings. The van der Waals surface area contributed by atoms with Crippen LogP contribution in [-0.4, -0.2) is 36.2 Å². The molecule has 8 heteroatoms. The normalized spacial score (nSPS) is 12.9. The molecule has 1 saturated carbocycles. The van der Waals surface area contributed by atoms with Crippen LogP contribution in [0, 0.1) is 5.92 Å². The lowest BCUT2D eigenvalue weighted by molar-refractivity contribution is -0.117. The summed E-state index contributed by atoms with van der Waals surface area (Å²) in [6, 6.07) is 18.4. The molecule has 34 heavy (non-hydrogen) atoms. The zero-order valence-electron chi connectivity index (χ0n) is 18.8. The fourth-order valence-corrected chi connectivity index (χ4v) is 3.81. The number of fused-ring (bicyclic) bond motifs is 1. The second-order valence-electron chi connectivity index (χ2n) is 8.20. The van der Waals surface area contributed by atoms with Crippen molar-refractivity contribution in [1.82, 2.24) is 10.2 Å². The second kappa shape index (κ2) is 8.90. The maximum Gasteiger partial charge on any atom is 0.258 e. The van der Waals surface area contributed by atoms with Crippen molar-refractivity contribution in [2.75, 3.05) is 24.9 Å². The van der Waals surface area contributed by atoms with Crippen LogP contribution in [0.2, 0.25) is 0 Å². The van der Waals surface area contributed by atoms with E-state index in [1.54, 1.807) is 38.5 Å². The molecular formula is C26H24N4O4. The highest BCUT2D eigenvalue weighted by Crippen LogP contribution is 2.33. The van der Waals surface area contributed by atoms with Crippen molar-refractivity contribution in [2.24, 2.45) is 5.92 Å². The van der Waals surface area contributed by atoms with E-state index in [0.717, 1.165) is 34.9 Å². The number of methoxy groups -OCH3 is 2. The smallest absolute Gasteiger partial charge is 0.258 e. The predicted molar refractivity (Wildman–Crippen MR) is 130 cm³/mol. The second-order valence-corrected chi connectivity index (χ2v) is 8.20. The molecule has 0 saturated heterocycles. The van der Waals surface area contributed by atoms with Gasteiger partial charge < -0.3 is 20.1 Å². The molecule has 4 aromatic rings. The van der Waals surface area contributed by atoms with E-state index < -0.39 is 0 Å². The van der Waals surface area contributed by atoms with Gasteiger partial charge >= 0.3 is 0 Å². The molecule has 0 atom stereocenters. The van der Waals surface area contributed by atoms with Crippen LogP contribution in [0.15, 0.2) is 60.7 Å². The number of anilines is 2. The molecule has 1 heterocycles. The van der Waals surface area contributed by atoms with Crippen molar-refractivity contribution in [2.45, 2.75) is 12.8 Å². The third kappa shape index (κ3) is 4.30. The summed E-state index contributed by atoms with van der Waals surface area (Å²) in [5, 5.41) is 13.8. The molecule has 172 valence electrons. The van der Waals surface area contributed by atoms with Crippen LogP contribution >= 0.6 is 0 Å². The topological polar surface area (TPSA) is 105 Å². The minimum atomic E-state index is -0.346. The number of nitrogens with zero attached hydrogens (tertiary/aromatic N) is 1. The minimum absolute atomic E-state index is 0.0464. The van der Waals surface area contributed by atoms with Crippen molar-refractivity contribution >= 4 is 34.2 Å². The first kappa shape index (κ1) is 21.5. The van der Waals surface area contributed by atoms with Crippen LogP contribution in [-0.2, 0) is 4.79 Å². The Morgan fingerprint density at radius 2 is 1.65 bits per heavy atom. The molecule has 5 rings (SSSR count). The molecule has 3 aromatic carbocycles. The van der Waals surface area contributed by atoms with Gasteiger partial charge in [-0.25, -0.2) is 0 Å². The average molecular weight is 457 g/mol. The number of carbonyl (C=O) groups excluding carboxylic acids is 2. The van der Waals surface area contributed by atoms with Crippen LogP contribution in [0.4, 0.5) is 11.5 Å². The fraction of sp³-hybridized carbons (Fsp3) is 0.192. The van der Waals surface area contributed by atoms with Crippen molar-refractivity contribution in [3.05, 3.63) is 66.2 Å². The van der Waals surface area contributed by atoms with E-state index in [4.69, 9.17) is 9.47 Å². The number of amides is 2. The summed E-state index contributed by atoms with van der Waals surface area (Å²) in [4.78, 5) is 25.2. The molecule has 3 N–H and O–H groups in total. The fourth-order valence-electron chi connectivity index (χ4n) is 3.81. The molecule has 0 radical (unpaired) electrons. The van der Waals surface area contributed by atoms with Gasteiger partial charge in [-0.2, -0.15) is 5.10 Å². The minimum Gasteiger partial charge on any atom is -0.497 e. The summed E-state index contributed by atoms with van der Waals surface area (Å²) >= 11 is 0. The maximum atomic E-state index is 13.0.